The highest BCUT2D eigenvalue weighted by molar-refractivity contribution is 5.88. The summed E-state index contributed by atoms with van der Waals surface area (Å²) in [7, 11) is 0. The van der Waals surface area contributed by atoms with Crippen molar-refractivity contribution < 1.29 is 19.4 Å². The largest absolute Gasteiger partial charge is 0.493 e. The molecule has 0 spiro atoms. The van der Waals surface area contributed by atoms with Gasteiger partial charge < -0.3 is 19.5 Å². The first-order valence-corrected chi connectivity index (χ1v) is 16.3. The molecule has 1 atom stereocenters. The Balaban J connectivity index is 0.977. The van der Waals surface area contributed by atoms with Gasteiger partial charge >= 0.3 is 5.97 Å². The zero-order valence-electron chi connectivity index (χ0n) is 27.1. The first-order chi connectivity index (χ1) is 22.9. The number of ether oxygens (including phenoxy) is 2. The number of hydrogen-bond donors (Lipinski definition) is 1. The summed E-state index contributed by atoms with van der Waals surface area (Å²) < 4.78 is 12.1. The molecule has 0 amide bonds. The van der Waals surface area contributed by atoms with Crippen molar-refractivity contribution in [1.82, 2.24) is 4.90 Å². The monoisotopic (exact) mass is 626 g/mol. The molecule has 1 saturated heterocycles. The van der Waals surface area contributed by atoms with E-state index >= 15 is 0 Å². The predicted molar refractivity (Wildman–Crippen MR) is 189 cm³/mol. The SMILES string of the molecule is Cc1ccc(CCOc2ccc(COc3cccc(-c4ccc(C(C)N5CCN(c6ccc(C(=O)O)cc6)CC5)cc4)c3)cc2)cc1. The number of rotatable bonds is 12. The molecule has 1 unspecified atom stereocenters. The Labute approximate surface area is 277 Å². The Morgan fingerprint density at radius 3 is 2.09 bits per heavy atom. The maximum atomic E-state index is 11.2. The molecule has 6 heteroatoms. The second-order valence-electron chi connectivity index (χ2n) is 12.2. The Morgan fingerprint density at radius 2 is 1.40 bits per heavy atom. The van der Waals surface area contributed by atoms with Crippen molar-refractivity contribution in [2.24, 2.45) is 0 Å². The highest BCUT2D eigenvalue weighted by Crippen LogP contribution is 2.29. The molecule has 0 radical (unpaired) electrons. The number of carbonyl (C=O) groups is 1. The van der Waals surface area contributed by atoms with E-state index in [1.54, 1.807) is 12.1 Å². The molecule has 1 N–H and O–H groups in total. The van der Waals surface area contributed by atoms with Crippen LogP contribution in [0.3, 0.4) is 0 Å². The van der Waals surface area contributed by atoms with E-state index in [-0.39, 0.29) is 0 Å². The van der Waals surface area contributed by atoms with Crippen LogP contribution >= 0.6 is 0 Å². The van der Waals surface area contributed by atoms with Gasteiger partial charge in [-0.25, -0.2) is 4.79 Å². The van der Waals surface area contributed by atoms with Crippen LogP contribution in [0.15, 0.2) is 121 Å². The van der Waals surface area contributed by atoms with Crippen LogP contribution in [-0.2, 0) is 13.0 Å². The van der Waals surface area contributed by atoms with Gasteiger partial charge in [0.25, 0.3) is 0 Å². The topological polar surface area (TPSA) is 62.2 Å². The van der Waals surface area contributed by atoms with E-state index in [1.807, 2.05) is 36.4 Å². The number of benzene rings is 5. The normalized spacial score (nSPS) is 14.0. The quantitative estimate of drug-likeness (QED) is 0.150. The molecule has 1 aliphatic heterocycles. The molecule has 0 bridgehead atoms. The highest BCUT2D eigenvalue weighted by atomic mass is 16.5. The number of anilines is 1. The van der Waals surface area contributed by atoms with Gasteiger partial charge in [-0.1, -0.05) is 78.4 Å². The third-order valence-corrected chi connectivity index (χ3v) is 9.01. The molecule has 0 saturated carbocycles. The third kappa shape index (κ3) is 8.40. The van der Waals surface area contributed by atoms with E-state index in [0.29, 0.717) is 24.8 Å². The van der Waals surface area contributed by atoms with Crippen molar-refractivity contribution in [1.29, 1.82) is 0 Å². The number of carboxylic acid groups (broad SMARTS) is 1. The Hall–Kier alpha value is -5.07. The summed E-state index contributed by atoms with van der Waals surface area (Å²) in [5, 5.41) is 9.17. The van der Waals surface area contributed by atoms with Gasteiger partial charge in [-0.3, -0.25) is 4.90 Å². The molecular formula is C41H42N2O4. The Morgan fingerprint density at radius 1 is 0.723 bits per heavy atom. The maximum Gasteiger partial charge on any atom is 0.335 e. The van der Waals surface area contributed by atoms with Gasteiger partial charge in [0.15, 0.2) is 0 Å². The van der Waals surface area contributed by atoms with Crippen LogP contribution in [0.4, 0.5) is 5.69 Å². The minimum Gasteiger partial charge on any atom is -0.493 e. The summed E-state index contributed by atoms with van der Waals surface area (Å²) in [5.41, 5.74) is 8.62. The molecule has 6 nitrogen and oxygen atoms in total. The third-order valence-electron chi connectivity index (χ3n) is 9.01. The average Bonchev–Trinajstić information content (AvgIpc) is 3.12. The maximum absolute atomic E-state index is 11.2. The number of nitrogens with zero attached hydrogens (tertiary/aromatic N) is 2. The summed E-state index contributed by atoms with van der Waals surface area (Å²) in [6.45, 7) is 9.23. The summed E-state index contributed by atoms with van der Waals surface area (Å²) >= 11 is 0. The van der Waals surface area contributed by atoms with E-state index < -0.39 is 5.97 Å². The molecule has 0 aliphatic carbocycles. The summed E-state index contributed by atoms with van der Waals surface area (Å²) in [4.78, 5) is 16.0. The van der Waals surface area contributed by atoms with Crippen LogP contribution in [0.1, 0.15) is 45.6 Å². The number of aryl methyl sites for hydroxylation is 1. The van der Waals surface area contributed by atoms with Gasteiger partial charge in [-0.05, 0) is 90.2 Å². The van der Waals surface area contributed by atoms with E-state index in [2.05, 4.69) is 96.4 Å². The van der Waals surface area contributed by atoms with Crippen molar-refractivity contribution >= 4 is 11.7 Å². The van der Waals surface area contributed by atoms with Crippen molar-refractivity contribution in [3.8, 4) is 22.6 Å². The summed E-state index contributed by atoms with van der Waals surface area (Å²) in [5.74, 6) is 0.817. The zero-order chi connectivity index (χ0) is 32.6. The molecule has 1 aliphatic rings. The van der Waals surface area contributed by atoms with E-state index in [9.17, 15) is 4.79 Å². The molecule has 0 aromatic heterocycles. The molecule has 1 heterocycles. The standard InChI is InChI=1S/C41H42N2O4/c1-30-6-8-32(9-7-30)22-27-46-39-20-10-33(11-21-39)29-47-40-5-3-4-37(28-40)35-14-12-34(13-15-35)31(2)42-23-25-43(26-24-42)38-18-16-36(17-19-38)41(44)45/h3-21,28,31H,22-27,29H2,1-2H3,(H,44,45). The van der Waals surface area contributed by atoms with Crippen LogP contribution in [0.2, 0.25) is 0 Å². The minimum absolute atomic E-state index is 0.306. The number of piperazine rings is 1. The molecule has 6 rings (SSSR count). The Kier molecular flexibility index (Phi) is 10.2. The fourth-order valence-electron chi connectivity index (χ4n) is 6.00. The lowest BCUT2D eigenvalue weighted by Gasteiger charge is -2.39. The molecule has 5 aromatic rings. The van der Waals surface area contributed by atoms with Crippen molar-refractivity contribution in [2.75, 3.05) is 37.7 Å². The number of carboxylic acids is 1. The zero-order valence-corrected chi connectivity index (χ0v) is 27.1. The lowest BCUT2D eigenvalue weighted by Crippen LogP contribution is -2.47. The molecule has 240 valence electrons. The van der Waals surface area contributed by atoms with Crippen molar-refractivity contribution in [3.63, 3.8) is 0 Å². The molecule has 47 heavy (non-hydrogen) atoms. The van der Waals surface area contributed by atoms with Crippen molar-refractivity contribution in [3.05, 3.63) is 149 Å². The van der Waals surface area contributed by atoms with Crippen LogP contribution in [0.5, 0.6) is 11.5 Å². The lowest BCUT2D eigenvalue weighted by atomic mass is 10.00. The molecule has 1 fully saturated rings. The van der Waals surface area contributed by atoms with Crippen LogP contribution in [-0.4, -0.2) is 48.8 Å². The molecule has 5 aromatic carbocycles. The van der Waals surface area contributed by atoms with E-state index in [0.717, 1.165) is 66.5 Å². The minimum atomic E-state index is -0.893. The lowest BCUT2D eigenvalue weighted by molar-refractivity contribution is 0.0697. The summed E-state index contributed by atoms with van der Waals surface area (Å²) in [6.07, 6.45) is 0.885. The van der Waals surface area contributed by atoms with Crippen molar-refractivity contribution in [2.45, 2.75) is 32.9 Å². The average molecular weight is 627 g/mol. The fourth-order valence-corrected chi connectivity index (χ4v) is 6.00. The predicted octanol–water partition coefficient (Wildman–Crippen LogP) is 8.44. The van der Waals surface area contributed by atoms with Crippen LogP contribution in [0.25, 0.3) is 11.1 Å². The first kappa shape index (κ1) is 31.9. The van der Waals surface area contributed by atoms with E-state index in [4.69, 9.17) is 14.6 Å². The van der Waals surface area contributed by atoms with Gasteiger partial charge in [-0.15, -0.1) is 0 Å². The number of aromatic carboxylic acids is 1. The van der Waals surface area contributed by atoms with Gasteiger partial charge in [0.05, 0.1) is 12.2 Å². The van der Waals surface area contributed by atoms with Crippen LogP contribution in [0, 0.1) is 6.92 Å². The molecular weight excluding hydrogens is 584 g/mol. The van der Waals surface area contributed by atoms with Crippen LogP contribution < -0.4 is 14.4 Å². The van der Waals surface area contributed by atoms with Gasteiger partial charge in [0.2, 0.25) is 0 Å². The highest BCUT2D eigenvalue weighted by Gasteiger charge is 2.22. The smallest absolute Gasteiger partial charge is 0.335 e. The van der Waals surface area contributed by atoms with Gasteiger partial charge in [0, 0.05) is 44.3 Å². The second-order valence-corrected chi connectivity index (χ2v) is 12.2. The second kappa shape index (κ2) is 15.0. The Bertz CT molecular complexity index is 1740. The fraction of sp³-hybridized carbons (Fsp3) is 0.244. The number of hydrogen-bond acceptors (Lipinski definition) is 5. The first-order valence-electron chi connectivity index (χ1n) is 16.3. The van der Waals surface area contributed by atoms with Gasteiger partial charge in [0.1, 0.15) is 18.1 Å². The summed E-state index contributed by atoms with van der Waals surface area (Å²) in [6, 6.07) is 41.3. The van der Waals surface area contributed by atoms with E-state index in [1.165, 1.54) is 16.7 Å². The van der Waals surface area contributed by atoms with Gasteiger partial charge in [-0.2, -0.15) is 0 Å².